The van der Waals surface area contributed by atoms with Gasteiger partial charge in [0.05, 0.1) is 18.0 Å². The minimum atomic E-state index is -0.650. The van der Waals surface area contributed by atoms with Crippen molar-refractivity contribution in [1.82, 2.24) is 30.5 Å². The van der Waals surface area contributed by atoms with Crippen LogP contribution in [0, 0.1) is 11.6 Å². The highest BCUT2D eigenvalue weighted by Crippen LogP contribution is 2.34. The number of rotatable bonds is 3. The highest BCUT2D eigenvalue weighted by atomic mass is 19.1. The summed E-state index contributed by atoms with van der Waals surface area (Å²) in [5.74, 6) is 0.521. The molecule has 30 heavy (non-hydrogen) atoms. The highest BCUT2D eigenvalue weighted by molar-refractivity contribution is 5.96. The molecule has 1 aromatic carbocycles. The molecule has 0 amide bonds. The van der Waals surface area contributed by atoms with Gasteiger partial charge >= 0.3 is 0 Å². The van der Waals surface area contributed by atoms with Crippen molar-refractivity contribution in [1.29, 1.82) is 0 Å². The lowest BCUT2D eigenvalue weighted by Gasteiger charge is -2.38. The fourth-order valence-corrected chi connectivity index (χ4v) is 4.44. The van der Waals surface area contributed by atoms with E-state index in [1.165, 1.54) is 6.07 Å². The topological polar surface area (TPSA) is 96.0 Å². The lowest BCUT2D eigenvalue weighted by molar-refractivity contribution is -0.0535. The molecule has 1 saturated heterocycles. The van der Waals surface area contributed by atoms with Crippen LogP contribution in [0.5, 0.6) is 0 Å². The third kappa shape index (κ3) is 3.14. The number of ether oxygens (including phenoxy) is 1. The maximum atomic E-state index is 14.2. The molecule has 4 heterocycles. The minimum absolute atomic E-state index is 0.0837. The van der Waals surface area contributed by atoms with Gasteiger partial charge in [-0.1, -0.05) is 0 Å². The molecule has 1 aromatic heterocycles. The predicted molar refractivity (Wildman–Crippen MR) is 104 cm³/mol. The molecule has 0 radical (unpaired) electrons. The van der Waals surface area contributed by atoms with E-state index in [-0.39, 0.29) is 11.6 Å². The van der Waals surface area contributed by atoms with Crippen molar-refractivity contribution in [3.63, 3.8) is 0 Å². The van der Waals surface area contributed by atoms with E-state index in [0.717, 1.165) is 41.7 Å². The van der Waals surface area contributed by atoms with Crippen LogP contribution in [0.4, 0.5) is 8.78 Å². The second kappa shape index (κ2) is 7.27. The number of hydrogen-bond donors (Lipinski definition) is 3. The van der Waals surface area contributed by atoms with Gasteiger partial charge in [-0.3, -0.25) is 9.91 Å². The zero-order chi connectivity index (χ0) is 21.0. The number of imidazole rings is 1. The van der Waals surface area contributed by atoms with E-state index in [0.29, 0.717) is 19.6 Å². The number of hydrazine groups is 2. The number of hydrogen-bond acceptors (Lipinski definition) is 8. The molecule has 2 aromatic rings. The normalized spacial score (nSPS) is 26.6. The molecule has 9 nitrogen and oxygen atoms in total. The predicted octanol–water partition coefficient (Wildman–Crippen LogP) is 0.488. The third-order valence-electron chi connectivity index (χ3n) is 6.08. The van der Waals surface area contributed by atoms with E-state index < -0.39 is 23.8 Å². The summed E-state index contributed by atoms with van der Waals surface area (Å²) in [7, 11) is 3.84. The first-order chi connectivity index (χ1) is 14.4. The van der Waals surface area contributed by atoms with Gasteiger partial charge in [-0.25, -0.2) is 19.3 Å². The molecule has 0 unspecified atom stereocenters. The number of fused-ring (bicyclic) bond motifs is 1. The van der Waals surface area contributed by atoms with Gasteiger partial charge in [0.15, 0.2) is 5.82 Å². The summed E-state index contributed by atoms with van der Waals surface area (Å²) in [4.78, 5) is 7.05. The van der Waals surface area contributed by atoms with Gasteiger partial charge in [-0.05, 0) is 24.6 Å². The lowest BCUT2D eigenvalue weighted by atomic mass is 9.93. The van der Waals surface area contributed by atoms with Crippen LogP contribution in [0.25, 0.3) is 0 Å². The van der Waals surface area contributed by atoms with Gasteiger partial charge in [0.2, 0.25) is 5.84 Å². The standard InChI is InChI=1S/C19H24F2N8O/c1-27-16-8-29(7-15(16)23-18(27)19-24-25-26-28(19)2)11-6-14(22)17(30-9-11)12-5-10(20)3-4-13(12)21/h3-5,11,14,17,25-26H,6-9,22H2,1-2H3/t11-,14+,17-/m1/s1. The fourth-order valence-electron chi connectivity index (χ4n) is 4.44. The van der Waals surface area contributed by atoms with Gasteiger partial charge in [-0.15, -0.1) is 10.6 Å². The number of nitrogens with two attached hydrogens (primary N) is 1. The van der Waals surface area contributed by atoms with E-state index in [2.05, 4.69) is 21.1 Å². The van der Waals surface area contributed by atoms with Crippen molar-refractivity contribution in [3.05, 3.63) is 52.6 Å². The van der Waals surface area contributed by atoms with Gasteiger partial charge in [0.1, 0.15) is 17.7 Å². The van der Waals surface area contributed by atoms with Crippen LogP contribution in [-0.4, -0.2) is 51.0 Å². The molecule has 1 fully saturated rings. The average Bonchev–Trinajstić information content (AvgIpc) is 3.40. The van der Waals surface area contributed by atoms with Crippen LogP contribution in [0.15, 0.2) is 23.3 Å². The molecular weight excluding hydrogens is 394 g/mol. The number of aromatic nitrogens is 2. The highest BCUT2D eigenvalue weighted by Gasteiger charge is 2.38. The summed E-state index contributed by atoms with van der Waals surface area (Å²) in [5, 5.41) is 5.99. The monoisotopic (exact) mass is 418 g/mol. The molecule has 3 aliphatic rings. The van der Waals surface area contributed by atoms with Gasteiger partial charge in [-0.2, -0.15) is 0 Å². The molecule has 5 rings (SSSR count). The minimum Gasteiger partial charge on any atom is -0.370 e. The van der Waals surface area contributed by atoms with Crippen molar-refractivity contribution in [2.75, 3.05) is 13.7 Å². The van der Waals surface area contributed by atoms with Crippen molar-refractivity contribution in [2.45, 2.75) is 37.7 Å². The van der Waals surface area contributed by atoms with E-state index in [4.69, 9.17) is 15.5 Å². The molecule has 0 bridgehead atoms. The van der Waals surface area contributed by atoms with Crippen LogP contribution >= 0.6 is 0 Å². The Morgan fingerprint density at radius 2 is 2.07 bits per heavy atom. The van der Waals surface area contributed by atoms with Crippen LogP contribution in [0.2, 0.25) is 0 Å². The van der Waals surface area contributed by atoms with Gasteiger partial charge < -0.3 is 15.0 Å². The molecule has 11 heteroatoms. The van der Waals surface area contributed by atoms with E-state index in [1.807, 2.05) is 18.7 Å². The SMILES string of the molecule is CN1NNN=C1c1nc2c(n1C)CN([C@H]1CO[C@H](c3cc(F)ccc3F)[C@@H](N)C1)C2. The molecule has 3 atom stereocenters. The Labute approximate surface area is 172 Å². The van der Waals surface area contributed by atoms with E-state index in [9.17, 15) is 8.78 Å². The zero-order valence-corrected chi connectivity index (χ0v) is 16.8. The summed E-state index contributed by atoms with van der Waals surface area (Å²) in [5.41, 5.74) is 14.2. The Balaban J connectivity index is 1.28. The number of benzene rings is 1. The van der Waals surface area contributed by atoms with Crippen LogP contribution < -0.4 is 16.8 Å². The molecule has 0 saturated carbocycles. The zero-order valence-electron chi connectivity index (χ0n) is 16.8. The molecule has 160 valence electrons. The Kier molecular flexibility index (Phi) is 4.69. The number of nitrogens with one attached hydrogen (secondary N) is 2. The number of amidine groups is 1. The molecule has 3 aliphatic heterocycles. The van der Waals surface area contributed by atoms with Gasteiger partial charge in [0.25, 0.3) is 0 Å². The number of hydrazone groups is 1. The second-order valence-electron chi connectivity index (χ2n) is 7.98. The van der Waals surface area contributed by atoms with Crippen molar-refractivity contribution in [3.8, 4) is 0 Å². The molecular formula is C19H24F2N8O. The maximum Gasteiger partial charge on any atom is 0.208 e. The quantitative estimate of drug-likeness (QED) is 0.668. The first kappa shape index (κ1) is 19.4. The summed E-state index contributed by atoms with van der Waals surface area (Å²) in [6.45, 7) is 1.80. The second-order valence-corrected chi connectivity index (χ2v) is 7.98. The number of nitrogens with zero attached hydrogens (tertiary/aromatic N) is 5. The van der Waals surface area contributed by atoms with E-state index in [1.54, 1.807) is 5.01 Å². The smallest absolute Gasteiger partial charge is 0.208 e. The van der Waals surface area contributed by atoms with Crippen molar-refractivity contribution >= 4 is 5.84 Å². The van der Waals surface area contributed by atoms with E-state index >= 15 is 0 Å². The summed E-state index contributed by atoms with van der Waals surface area (Å²) in [6.07, 6.45) is -0.0207. The van der Waals surface area contributed by atoms with Crippen LogP contribution in [0.3, 0.4) is 0 Å². The van der Waals surface area contributed by atoms with Crippen molar-refractivity contribution < 1.29 is 13.5 Å². The lowest BCUT2D eigenvalue weighted by Crippen LogP contribution is -2.48. The number of halogens is 2. The largest absolute Gasteiger partial charge is 0.370 e. The fraction of sp³-hybridized carbons (Fsp3) is 0.474. The summed E-state index contributed by atoms with van der Waals surface area (Å²) in [6, 6.07) is 3.04. The Bertz CT molecular complexity index is 1010. The first-order valence-electron chi connectivity index (χ1n) is 9.85. The van der Waals surface area contributed by atoms with Crippen LogP contribution in [-0.2, 0) is 24.9 Å². The first-order valence-corrected chi connectivity index (χ1v) is 9.85. The summed E-state index contributed by atoms with van der Waals surface area (Å²) < 4.78 is 35.7. The van der Waals surface area contributed by atoms with Gasteiger partial charge in [0, 0.05) is 44.8 Å². The Hall–Kier alpha value is -2.60. The molecule has 0 aliphatic carbocycles. The Morgan fingerprint density at radius 1 is 1.23 bits per heavy atom. The molecule has 4 N–H and O–H groups in total. The van der Waals surface area contributed by atoms with Crippen LogP contribution in [0.1, 0.15) is 35.3 Å². The molecule has 0 spiro atoms. The maximum absolute atomic E-state index is 14.2. The average molecular weight is 418 g/mol. The van der Waals surface area contributed by atoms with Crippen molar-refractivity contribution in [2.24, 2.45) is 17.9 Å². The third-order valence-corrected chi connectivity index (χ3v) is 6.08. The summed E-state index contributed by atoms with van der Waals surface area (Å²) >= 11 is 0. The Morgan fingerprint density at radius 3 is 2.77 bits per heavy atom.